The number of nitrogen functional groups attached to an aromatic ring is 1. The van der Waals surface area contributed by atoms with Gasteiger partial charge in [-0.05, 0) is 5.92 Å². The second-order valence-corrected chi connectivity index (χ2v) is 4.05. The van der Waals surface area contributed by atoms with Gasteiger partial charge >= 0.3 is 0 Å². The molecule has 0 bridgehead atoms. The Morgan fingerprint density at radius 2 is 1.80 bits per heavy atom. The van der Waals surface area contributed by atoms with E-state index in [0.717, 1.165) is 5.82 Å². The van der Waals surface area contributed by atoms with E-state index in [1.54, 1.807) is 4.68 Å². The normalized spacial score (nSPS) is 11.2. The van der Waals surface area contributed by atoms with E-state index >= 15 is 0 Å². The number of rotatable bonds is 2. The Balaban J connectivity index is 2.85. The first-order valence-electron chi connectivity index (χ1n) is 5.23. The molecular weight excluding hydrogens is 186 g/mol. The Bertz CT molecular complexity index is 483. The predicted octanol–water partition coefficient (Wildman–Crippen LogP) is 2.52. The van der Waals surface area contributed by atoms with Crippen LogP contribution in [0.15, 0.2) is 24.3 Å². The van der Waals surface area contributed by atoms with Crippen LogP contribution < -0.4 is 11.2 Å². The fourth-order valence-electron chi connectivity index (χ4n) is 2.14. The third-order valence-electron chi connectivity index (χ3n) is 2.74. The van der Waals surface area contributed by atoms with Gasteiger partial charge in [0.1, 0.15) is 5.82 Å². The molecule has 15 heavy (non-hydrogen) atoms. The van der Waals surface area contributed by atoms with E-state index < -0.39 is 0 Å². The summed E-state index contributed by atoms with van der Waals surface area (Å²) in [5.41, 5.74) is 1.18. The second kappa shape index (κ2) is 3.50. The van der Waals surface area contributed by atoms with Crippen LogP contribution in [0.1, 0.15) is 25.5 Å². The summed E-state index contributed by atoms with van der Waals surface area (Å²) in [5, 5.41) is 5.57. The number of hydrogen-bond donors (Lipinski definition) is 2. The summed E-state index contributed by atoms with van der Waals surface area (Å²) in [4.78, 5) is 0. The van der Waals surface area contributed by atoms with Crippen molar-refractivity contribution in [1.82, 2.24) is 4.68 Å². The molecule has 0 atom stereocenters. The van der Waals surface area contributed by atoms with Gasteiger partial charge in [-0.1, -0.05) is 38.1 Å². The smallest absolute Gasteiger partial charge is 0.132 e. The maximum Gasteiger partial charge on any atom is 0.132 e. The standard InChI is InChI=1S/C12H17N3/c1-8(2)11-9-6-4-5-7-10(9)12(14-3)15(11)13/h4-8,14H,13H2,1-3H3. The topological polar surface area (TPSA) is 43.0 Å². The lowest BCUT2D eigenvalue weighted by Gasteiger charge is -2.09. The van der Waals surface area contributed by atoms with Crippen molar-refractivity contribution in [1.29, 1.82) is 0 Å². The number of hydrogen-bond acceptors (Lipinski definition) is 2. The third-order valence-corrected chi connectivity index (χ3v) is 2.74. The Kier molecular flexibility index (Phi) is 2.31. The van der Waals surface area contributed by atoms with Gasteiger partial charge in [0, 0.05) is 17.8 Å². The molecule has 2 rings (SSSR count). The van der Waals surface area contributed by atoms with Crippen LogP contribution in [0.4, 0.5) is 5.82 Å². The third kappa shape index (κ3) is 1.35. The summed E-state index contributed by atoms with van der Waals surface area (Å²) in [6, 6.07) is 8.30. The highest BCUT2D eigenvalue weighted by molar-refractivity contribution is 5.96. The van der Waals surface area contributed by atoms with E-state index in [0.29, 0.717) is 5.92 Å². The number of fused-ring (bicyclic) bond motifs is 1. The van der Waals surface area contributed by atoms with Crippen LogP contribution in [0.25, 0.3) is 10.8 Å². The van der Waals surface area contributed by atoms with Gasteiger partial charge < -0.3 is 11.2 Å². The Hall–Kier alpha value is -1.64. The zero-order valence-electron chi connectivity index (χ0n) is 9.41. The molecule has 0 radical (unpaired) electrons. The molecule has 3 nitrogen and oxygen atoms in total. The first-order chi connectivity index (χ1) is 7.16. The minimum absolute atomic E-state index is 0.419. The van der Waals surface area contributed by atoms with Gasteiger partial charge in [-0.2, -0.15) is 0 Å². The number of nitrogens with one attached hydrogen (secondary N) is 1. The fourth-order valence-corrected chi connectivity index (χ4v) is 2.14. The van der Waals surface area contributed by atoms with E-state index in [9.17, 15) is 0 Å². The summed E-state index contributed by atoms with van der Waals surface area (Å²) in [6.07, 6.45) is 0. The molecule has 3 N–H and O–H groups in total. The average Bonchev–Trinajstić information content (AvgIpc) is 2.49. The first-order valence-corrected chi connectivity index (χ1v) is 5.23. The van der Waals surface area contributed by atoms with Crippen LogP contribution in [0, 0.1) is 0 Å². The van der Waals surface area contributed by atoms with E-state index in [1.807, 2.05) is 19.2 Å². The summed E-state index contributed by atoms with van der Waals surface area (Å²) in [6.45, 7) is 4.31. The van der Waals surface area contributed by atoms with Crippen LogP contribution in [0.5, 0.6) is 0 Å². The van der Waals surface area contributed by atoms with Crippen LogP contribution in [0.3, 0.4) is 0 Å². The maximum absolute atomic E-state index is 6.08. The number of nitrogens with two attached hydrogens (primary N) is 1. The molecule has 0 aliphatic rings. The molecule has 1 aromatic carbocycles. The summed E-state index contributed by atoms with van der Waals surface area (Å²) < 4.78 is 1.76. The molecule has 0 fully saturated rings. The summed E-state index contributed by atoms with van der Waals surface area (Å²) in [7, 11) is 1.90. The molecule has 1 aromatic heterocycles. The Morgan fingerprint density at radius 1 is 1.20 bits per heavy atom. The molecule has 0 spiro atoms. The van der Waals surface area contributed by atoms with Crippen LogP contribution in [-0.4, -0.2) is 11.7 Å². The minimum Gasteiger partial charge on any atom is -0.373 e. The lowest BCUT2D eigenvalue weighted by atomic mass is 10.1. The molecule has 0 amide bonds. The monoisotopic (exact) mass is 203 g/mol. The molecule has 0 aliphatic carbocycles. The van der Waals surface area contributed by atoms with Crippen molar-refractivity contribution in [3.05, 3.63) is 30.0 Å². The lowest BCUT2D eigenvalue weighted by molar-refractivity contribution is 0.780. The lowest BCUT2D eigenvalue weighted by Crippen LogP contribution is -2.15. The Morgan fingerprint density at radius 3 is 2.33 bits per heavy atom. The largest absolute Gasteiger partial charge is 0.373 e. The first kappa shape index (κ1) is 9.90. The molecule has 2 aromatic rings. The number of benzene rings is 1. The molecule has 0 unspecified atom stereocenters. The molecule has 1 heterocycles. The fraction of sp³-hybridized carbons (Fsp3) is 0.333. The zero-order valence-corrected chi connectivity index (χ0v) is 9.41. The zero-order chi connectivity index (χ0) is 11.0. The SMILES string of the molecule is CNc1c2ccccc2c(C(C)C)n1N. The van der Waals surface area contributed by atoms with Gasteiger partial charge in [-0.25, -0.2) is 4.68 Å². The van der Waals surface area contributed by atoms with E-state index in [1.165, 1.54) is 16.5 Å². The average molecular weight is 203 g/mol. The van der Waals surface area contributed by atoms with Crippen LogP contribution >= 0.6 is 0 Å². The van der Waals surface area contributed by atoms with Gasteiger partial charge in [0.15, 0.2) is 0 Å². The molecule has 0 saturated carbocycles. The highest BCUT2D eigenvalue weighted by Crippen LogP contribution is 2.32. The van der Waals surface area contributed by atoms with Crippen molar-refractivity contribution in [2.75, 3.05) is 18.2 Å². The second-order valence-electron chi connectivity index (χ2n) is 4.05. The molecule has 0 aliphatic heterocycles. The highest BCUT2D eigenvalue weighted by Gasteiger charge is 2.15. The van der Waals surface area contributed by atoms with Crippen LogP contribution in [-0.2, 0) is 0 Å². The van der Waals surface area contributed by atoms with Crippen molar-refractivity contribution in [3.63, 3.8) is 0 Å². The van der Waals surface area contributed by atoms with Crippen molar-refractivity contribution in [2.45, 2.75) is 19.8 Å². The molecule has 0 saturated heterocycles. The molecule has 3 heteroatoms. The summed E-state index contributed by atoms with van der Waals surface area (Å²) in [5.74, 6) is 7.48. The van der Waals surface area contributed by atoms with Crippen molar-refractivity contribution >= 4 is 16.6 Å². The number of anilines is 1. The van der Waals surface area contributed by atoms with Gasteiger partial charge in [-0.15, -0.1) is 0 Å². The molecule has 80 valence electrons. The van der Waals surface area contributed by atoms with E-state index in [-0.39, 0.29) is 0 Å². The predicted molar refractivity (Wildman–Crippen MR) is 65.7 cm³/mol. The maximum atomic E-state index is 6.08. The van der Waals surface area contributed by atoms with Gasteiger partial charge in [0.25, 0.3) is 0 Å². The van der Waals surface area contributed by atoms with Crippen molar-refractivity contribution < 1.29 is 0 Å². The molecular formula is C12H17N3. The van der Waals surface area contributed by atoms with E-state index in [4.69, 9.17) is 5.84 Å². The van der Waals surface area contributed by atoms with Gasteiger partial charge in [0.05, 0.1) is 5.69 Å². The minimum atomic E-state index is 0.419. The van der Waals surface area contributed by atoms with Gasteiger partial charge in [-0.3, -0.25) is 0 Å². The number of nitrogens with zero attached hydrogens (tertiary/aromatic N) is 1. The van der Waals surface area contributed by atoms with E-state index in [2.05, 4.69) is 31.3 Å². The number of aromatic nitrogens is 1. The Labute approximate surface area is 89.9 Å². The van der Waals surface area contributed by atoms with Crippen molar-refractivity contribution in [2.24, 2.45) is 0 Å². The summed E-state index contributed by atoms with van der Waals surface area (Å²) >= 11 is 0. The highest BCUT2D eigenvalue weighted by atomic mass is 15.3. The van der Waals surface area contributed by atoms with Crippen molar-refractivity contribution in [3.8, 4) is 0 Å². The van der Waals surface area contributed by atoms with Gasteiger partial charge in [0.2, 0.25) is 0 Å². The van der Waals surface area contributed by atoms with Crippen LogP contribution in [0.2, 0.25) is 0 Å². The quantitative estimate of drug-likeness (QED) is 0.736.